The lowest BCUT2D eigenvalue weighted by Crippen LogP contribution is -2.23. The maximum Gasteiger partial charge on any atom is 0.0753 e. The quantitative estimate of drug-likeness (QED) is 0.790. The zero-order chi connectivity index (χ0) is 11.9. The SMILES string of the molecule is C=CCNC(c1ccccc1)c1ccccn1. The number of pyridine rings is 1. The number of hydrogen-bond acceptors (Lipinski definition) is 2. The molecule has 2 aromatic rings. The third-order valence-corrected chi connectivity index (χ3v) is 2.58. The first-order chi connectivity index (χ1) is 8.42. The van der Waals surface area contributed by atoms with Gasteiger partial charge < -0.3 is 5.32 Å². The van der Waals surface area contributed by atoms with Crippen molar-refractivity contribution in [3.05, 3.63) is 78.6 Å². The molecule has 0 saturated heterocycles. The Bertz CT molecular complexity index is 411. The van der Waals surface area contributed by atoms with Crippen LogP contribution in [0.2, 0.25) is 0 Å². The lowest BCUT2D eigenvalue weighted by molar-refractivity contribution is 0.636. The fourth-order valence-corrected chi connectivity index (χ4v) is 1.79. The zero-order valence-electron chi connectivity index (χ0n) is 9.71. The minimum absolute atomic E-state index is 0.121. The molecule has 2 heteroatoms. The Morgan fingerprint density at radius 2 is 1.88 bits per heavy atom. The highest BCUT2D eigenvalue weighted by molar-refractivity contribution is 5.27. The van der Waals surface area contributed by atoms with E-state index in [0.29, 0.717) is 0 Å². The van der Waals surface area contributed by atoms with E-state index in [1.54, 1.807) is 0 Å². The Balaban J connectivity index is 2.29. The Morgan fingerprint density at radius 1 is 1.12 bits per heavy atom. The average Bonchev–Trinajstić information content (AvgIpc) is 2.42. The van der Waals surface area contributed by atoms with E-state index in [-0.39, 0.29) is 6.04 Å². The summed E-state index contributed by atoms with van der Waals surface area (Å²) in [6.07, 6.45) is 3.68. The maximum atomic E-state index is 4.41. The Morgan fingerprint density at radius 3 is 2.53 bits per heavy atom. The lowest BCUT2D eigenvalue weighted by atomic mass is 10.0. The largest absolute Gasteiger partial charge is 0.301 e. The number of rotatable bonds is 5. The summed E-state index contributed by atoms with van der Waals surface area (Å²) in [6, 6.07) is 16.4. The van der Waals surface area contributed by atoms with Crippen LogP contribution in [-0.4, -0.2) is 11.5 Å². The highest BCUT2D eigenvalue weighted by Crippen LogP contribution is 2.19. The number of nitrogens with zero attached hydrogens (tertiary/aromatic N) is 1. The molecule has 86 valence electrons. The number of benzene rings is 1. The van der Waals surface area contributed by atoms with Crippen molar-refractivity contribution in [3.8, 4) is 0 Å². The summed E-state index contributed by atoms with van der Waals surface area (Å²) < 4.78 is 0. The number of aromatic nitrogens is 1. The summed E-state index contributed by atoms with van der Waals surface area (Å²) in [5.41, 5.74) is 2.24. The fourth-order valence-electron chi connectivity index (χ4n) is 1.79. The van der Waals surface area contributed by atoms with Crippen LogP contribution in [0.1, 0.15) is 17.3 Å². The molecule has 1 heterocycles. The first-order valence-corrected chi connectivity index (χ1v) is 5.72. The Kier molecular flexibility index (Phi) is 4.05. The molecule has 2 rings (SSSR count). The van der Waals surface area contributed by atoms with Crippen molar-refractivity contribution in [3.63, 3.8) is 0 Å². The molecule has 2 nitrogen and oxygen atoms in total. The molecule has 0 radical (unpaired) electrons. The van der Waals surface area contributed by atoms with Gasteiger partial charge in [0.15, 0.2) is 0 Å². The van der Waals surface area contributed by atoms with E-state index >= 15 is 0 Å². The van der Waals surface area contributed by atoms with Gasteiger partial charge in [0.2, 0.25) is 0 Å². The van der Waals surface area contributed by atoms with Crippen molar-refractivity contribution in [2.24, 2.45) is 0 Å². The van der Waals surface area contributed by atoms with Gasteiger partial charge in [0, 0.05) is 12.7 Å². The second-order valence-electron chi connectivity index (χ2n) is 3.80. The van der Waals surface area contributed by atoms with Gasteiger partial charge in [-0.2, -0.15) is 0 Å². The van der Waals surface area contributed by atoms with Crippen molar-refractivity contribution >= 4 is 0 Å². The van der Waals surface area contributed by atoms with Gasteiger partial charge in [0.25, 0.3) is 0 Å². The molecule has 0 fully saturated rings. The summed E-state index contributed by atoms with van der Waals surface area (Å²) in [5, 5.41) is 3.42. The van der Waals surface area contributed by atoms with Crippen molar-refractivity contribution in [2.45, 2.75) is 6.04 Å². The van der Waals surface area contributed by atoms with E-state index in [9.17, 15) is 0 Å². The van der Waals surface area contributed by atoms with Crippen LogP contribution in [0.25, 0.3) is 0 Å². The molecule has 0 spiro atoms. The highest BCUT2D eigenvalue weighted by atomic mass is 14.9. The molecule has 1 aromatic carbocycles. The summed E-state index contributed by atoms with van der Waals surface area (Å²) in [7, 11) is 0. The molecule has 0 saturated carbocycles. The molecule has 1 aromatic heterocycles. The van der Waals surface area contributed by atoms with E-state index in [0.717, 1.165) is 12.2 Å². The molecule has 0 aliphatic rings. The molecule has 0 aliphatic carbocycles. The molecule has 0 aliphatic heterocycles. The topological polar surface area (TPSA) is 24.9 Å². The predicted molar refractivity (Wildman–Crippen MR) is 70.7 cm³/mol. The van der Waals surface area contributed by atoms with Crippen LogP contribution in [-0.2, 0) is 0 Å². The lowest BCUT2D eigenvalue weighted by Gasteiger charge is -2.17. The van der Waals surface area contributed by atoms with E-state index in [1.807, 2.05) is 48.7 Å². The number of nitrogens with one attached hydrogen (secondary N) is 1. The van der Waals surface area contributed by atoms with Crippen LogP contribution in [0.5, 0.6) is 0 Å². The van der Waals surface area contributed by atoms with Crippen molar-refractivity contribution in [1.29, 1.82) is 0 Å². The third kappa shape index (κ3) is 3.02. The van der Waals surface area contributed by atoms with Gasteiger partial charge in [-0.1, -0.05) is 42.5 Å². The van der Waals surface area contributed by atoms with Crippen LogP contribution in [0, 0.1) is 0 Å². The van der Waals surface area contributed by atoms with Crippen LogP contribution >= 0.6 is 0 Å². The summed E-state index contributed by atoms with van der Waals surface area (Å²) >= 11 is 0. The number of hydrogen-bond donors (Lipinski definition) is 1. The second kappa shape index (κ2) is 5.97. The van der Waals surface area contributed by atoms with E-state index < -0.39 is 0 Å². The highest BCUT2D eigenvalue weighted by Gasteiger charge is 2.12. The van der Waals surface area contributed by atoms with Crippen LogP contribution in [0.15, 0.2) is 67.4 Å². The van der Waals surface area contributed by atoms with Crippen molar-refractivity contribution < 1.29 is 0 Å². The molecular weight excluding hydrogens is 208 g/mol. The first kappa shape index (κ1) is 11.6. The summed E-state index contributed by atoms with van der Waals surface area (Å²) in [6.45, 7) is 4.50. The minimum Gasteiger partial charge on any atom is -0.301 e. The van der Waals surface area contributed by atoms with Crippen LogP contribution < -0.4 is 5.32 Å². The van der Waals surface area contributed by atoms with Gasteiger partial charge in [0.05, 0.1) is 11.7 Å². The summed E-state index contributed by atoms with van der Waals surface area (Å²) in [5.74, 6) is 0. The molecule has 1 unspecified atom stereocenters. The third-order valence-electron chi connectivity index (χ3n) is 2.58. The Labute approximate surface area is 102 Å². The van der Waals surface area contributed by atoms with Crippen LogP contribution in [0.4, 0.5) is 0 Å². The predicted octanol–water partition coefficient (Wildman–Crippen LogP) is 2.95. The van der Waals surface area contributed by atoms with Gasteiger partial charge in [-0.3, -0.25) is 4.98 Å². The molecule has 0 bridgehead atoms. The van der Waals surface area contributed by atoms with Gasteiger partial charge in [0.1, 0.15) is 0 Å². The van der Waals surface area contributed by atoms with Gasteiger partial charge in [-0.25, -0.2) is 0 Å². The molecular formula is C15H16N2. The Hall–Kier alpha value is -1.93. The summed E-state index contributed by atoms with van der Waals surface area (Å²) in [4.78, 5) is 4.41. The molecule has 17 heavy (non-hydrogen) atoms. The van der Waals surface area contributed by atoms with E-state index in [1.165, 1.54) is 5.56 Å². The minimum atomic E-state index is 0.121. The fraction of sp³-hybridized carbons (Fsp3) is 0.133. The normalized spacial score (nSPS) is 12.0. The van der Waals surface area contributed by atoms with Crippen molar-refractivity contribution in [1.82, 2.24) is 10.3 Å². The monoisotopic (exact) mass is 224 g/mol. The molecule has 0 amide bonds. The molecule has 1 N–H and O–H groups in total. The van der Waals surface area contributed by atoms with Crippen molar-refractivity contribution in [2.75, 3.05) is 6.54 Å². The maximum absolute atomic E-state index is 4.41. The van der Waals surface area contributed by atoms with Gasteiger partial charge in [-0.05, 0) is 17.7 Å². The zero-order valence-corrected chi connectivity index (χ0v) is 9.71. The second-order valence-corrected chi connectivity index (χ2v) is 3.80. The van der Waals surface area contributed by atoms with E-state index in [4.69, 9.17) is 0 Å². The van der Waals surface area contributed by atoms with Gasteiger partial charge >= 0.3 is 0 Å². The van der Waals surface area contributed by atoms with Crippen LogP contribution in [0.3, 0.4) is 0 Å². The van der Waals surface area contributed by atoms with E-state index in [2.05, 4.69) is 29.0 Å². The standard InChI is InChI=1S/C15H16N2/c1-2-11-17-15(13-8-4-3-5-9-13)14-10-6-7-12-16-14/h2-10,12,15,17H,1,11H2. The molecule has 1 atom stereocenters. The average molecular weight is 224 g/mol. The first-order valence-electron chi connectivity index (χ1n) is 5.72. The van der Waals surface area contributed by atoms with Gasteiger partial charge in [-0.15, -0.1) is 6.58 Å². The smallest absolute Gasteiger partial charge is 0.0753 e.